The fourth-order valence-corrected chi connectivity index (χ4v) is 3.36. The van der Waals surface area contributed by atoms with Gasteiger partial charge in [-0.3, -0.25) is 4.79 Å². The Hall–Kier alpha value is -0.920. The van der Waals surface area contributed by atoms with Gasteiger partial charge in [-0.1, -0.05) is 22.0 Å². The largest absolute Gasteiger partial charge is 0.322 e. The zero-order chi connectivity index (χ0) is 15.4. The summed E-state index contributed by atoms with van der Waals surface area (Å²) >= 11 is 7.69. The number of hydrogen-bond donors (Lipinski definition) is 1. The highest BCUT2D eigenvalue weighted by atomic mass is 79.9. The average Bonchev–Trinajstić information content (AvgIpc) is 2.40. The van der Waals surface area contributed by atoms with Gasteiger partial charge in [-0.15, -0.1) is 11.8 Å². The van der Waals surface area contributed by atoms with Gasteiger partial charge < -0.3 is 5.32 Å². The van der Waals surface area contributed by atoms with E-state index in [1.807, 2.05) is 24.3 Å². The van der Waals surface area contributed by atoms with E-state index in [1.54, 1.807) is 0 Å². The van der Waals surface area contributed by atoms with Crippen molar-refractivity contribution in [2.75, 3.05) is 11.1 Å². The number of nitrogens with one attached hydrogen (secondary N) is 1. The molecule has 0 aliphatic heterocycles. The summed E-state index contributed by atoms with van der Waals surface area (Å²) in [4.78, 5) is 12.8. The maximum atomic E-state index is 13.6. The highest BCUT2D eigenvalue weighted by Gasteiger charge is 2.13. The maximum absolute atomic E-state index is 13.6. The summed E-state index contributed by atoms with van der Waals surface area (Å²) in [6.45, 7) is 0. The average molecular weight is 437 g/mol. The van der Waals surface area contributed by atoms with Gasteiger partial charge in [-0.2, -0.15) is 0 Å². The van der Waals surface area contributed by atoms with Gasteiger partial charge in [-0.25, -0.2) is 8.78 Å². The first-order valence-corrected chi connectivity index (χ1v) is 8.35. The van der Waals surface area contributed by atoms with E-state index in [0.717, 1.165) is 21.5 Å². The number of carbonyl (C=O) groups excluding carboxylic acids is 1. The van der Waals surface area contributed by atoms with Crippen molar-refractivity contribution in [3.63, 3.8) is 0 Å². The second-order valence-electron chi connectivity index (χ2n) is 4.04. The van der Waals surface area contributed by atoms with Crippen molar-refractivity contribution in [2.45, 2.75) is 4.90 Å². The molecule has 21 heavy (non-hydrogen) atoms. The molecule has 7 heteroatoms. The second-order valence-corrected chi connectivity index (χ2v) is 6.86. The summed E-state index contributed by atoms with van der Waals surface area (Å²) < 4.78 is 27.6. The van der Waals surface area contributed by atoms with Crippen molar-refractivity contribution in [2.24, 2.45) is 0 Å². The first-order valence-electron chi connectivity index (χ1n) is 5.78. The summed E-state index contributed by atoms with van der Waals surface area (Å²) in [5, 5.41) is 2.43. The van der Waals surface area contributed by atoms with Crippen molar-refractivity contribution in [3.05, 3.63) is 57.0 Å². The first-order chi connectivity index (χ1) is 9.95. The maximum Gasteiger partial charge on any atom is 0.234 e. The molecular weight excluding hydrogens is 428 g/mol. The Bertz CT molecular complexity index is 659. The molecule has 0 spiro atoms. The van der Waals surface area contributed by atoms with E-state index in [2.05, 4.69) is 37.2 Å². The van der Waals surface area contributed by atoms with Crippen LogP contribution in [-0.2, 0) is 4.79 Å². The molecule has 2 aromatic carbocycles. The molecule has 2 rings (SSSR count). The number of hydrogen-bond acceptors (Lipinski definition) is 2. The molecule has 1 amide bonds. The van der Waals surface area contributed by atoms with E-state index in [1.165, 1.54) is 11.8 Å². The SMILES string of the molecule is O=C(CSc1cccc(Br)c1)Nc1c(F)cc(F)cc1Br. The van der Waals surface area contributed by atoms with E-state index < -0.39 is 11.6 Å². The van der Waals surface area contributed by atoms with Crippen LogP contribution in [0.15, 0.2) is 50.2 Å². The highest BCUT2D eigenvalue weighted by molar-refractivity contribution is 9.10. The van der Waals surface area contributed by atoms with Crippen molar-refractivity contribution >= 4 is 55.2 Å². The quantitative estimate of drug-likeness (QED) is 0.665. The van der Waals surface area contributed by atoms with Crippen LogP contribution < -0.4 is 5.32 Å². The molecule has 0 aliphatic rings. The van der Waals surface area contributed by atoms with E-state index >= 15 is 0 Å². The first kappa shape index (κ1) is 16.5. The molecular formula is C14H9Br2F2NOS. The summed E-state index contributed by atoms with van der Waals surface area (Å²) in [5.41, 5.74) is -0.0590. The van der Waals surface area contributed by atoms with Gasteiger partial charge in [0.1, 0.15) is 5.82 Å². The van der Waals surface area contributed by atoms with Crippen LogP contribution in [0.4, 0.5) is 14.5 Å². The number of carbonyl (C=O) groups is 1. The number of rotatable bonds is 4. The topological polar surface area (TPSA) is 29.1 Å². The lowest BCUT2D eigenvalue weighted by Crippen LogP contribution is -2.15. The van der Waals surface area contributed by atoms with Gasteiger partial charge in [0.25, 0.3) is 0 Å². The Labute approximate surface area is 141 Å². The molecule has 0 heterocycles. The van der Waals surface area contributed by atoms with Gasteiger partial charge in [0.15, 0.2) is 5.82 Å². The standard InChI is InChI=1S/C14H9Br2F2NOS/c15-8-2-1-3-10(4-8)21-7-13(20)19-14-11(16)5-9(17)6-12(14)18/h1-6H,7H2,(H,19,20). The van der Waals surface area contributed by atoms with Crippen molar-refractivity contribution in [1.29, 1.82) is 0 Å². The van der Waals surface area contributed by atoms with E-state index in [-0.39, 0.29) is 21.8 Å². The van der Waals surface area contributed by atoms with Crippen LogP contribution in [0.1, 0.15) is 0 Å². The summed E-state index contributed by atoms with van der Waals surface area (Å²) in [5.74, 6) is -1.77. The van der Waals surface area contributed by atoms with Gasteiger partial charge >= 0.3 is 0 Å². The fraction of sp³-hybridized carbons (Fsp3) is 0.0714. The third-order valence-electron chi connectivity index (χ3n) is 2.44. The van der Waals surface area contributed by atoms with E-state index in [0.29, 0.717) is 0 Å². The molecule has 2 nitrogen and oxygen atoms in total. The Morgan fingerprint density at radius 3 is 2.62 bits per heavy atom. The number of benzene rings is 2. The van der Waals surface area contributed by atoms with Gasteiger partial charge in [0.05, 0.1) is 11.4 Å². The number of thioether (sulfide) groups is 1. The minimum Gasteiger partial charge on any atom is -0.322 e. The Kier molecular flexibility index (Phi) is 5.78. The Balaban J connectivity index is 1.99. The Morgan fingerprint density at radius 1 is 1.19 bits per heavy atom. The van der Waals surface area contributed by atoms with Crippen LogP contribution in [0, 0.1) is 11.6 Å². The predicted octanol–water partition coefficient (Wildman–Crippen LogP) is 5.22. The molecule has 110 valence electrons. The molecule has 2 aromatic rings. The molecule has 0 saturated carbocycles. The van der Waals surface area contributed by atoms with Crippen molar-refractivity contribution < 1.29 is 13.6 Å². The van der Waals surface area contributed by atoms with Gasteiger partial charge in [0.2, 0.25) is 5.91 Å². The molecule has 0 atom stereocenters. The molecule has 0 aliphatic carbocycles. The lowest BCUT2D eigenvalue weighted by molar-refractivity contribution is -0.113. The lowest BCUT2D eigenvalue weighted by atomic mass is 10.3. The third-order valence-corrected chi connectivity index (χ3v) is 4.55. The second kappa shape index (κ2) is 7.38. The Morgan fingerprint density at radius 2 is 1.95 bits per heavy atom. The molecule has 0 saturated heterocycles. The number of anilines is 1. The molecule has 0 bridgehead atoms. The molecule has 0 radical (unpaired) electrons. The van der Waals surface area contributed by atoms with Crippen LogP contribution in [0.25, 0.3) is 0 Å². The monoisotopic (exact) mass is 435 g/mol. The summed E-state index contributed by atoms with van der Waals surface area (Å²) in [6.07, 6.45) is 0. The number of halogens is 4. The minimum absolute atomic E-state index is 0.0590. The summed E-state index contributed by atoms with van der Waals surface area (Å²) in [7, 11) is 0. The lowest BCUT2D eigenvalue weighted by Gasteiger charge is -2.09. The number of amides is 1. The highest BCUT2D eigenvalue weighted by Crippen LogP contribution is 2.27. The van der Waals surface area contributed by atoms with E-state index in [9.17, 15) is 13.6 Å². The third kappa shape index (κ3) is 4.79. The smallest absolute Gasteiger partial charge is 0.234 e. The van der Waals surface area contributed by atoms with Crippen molar-refractivity contribution in [3.8, 4) is 0 Å². The summed E-state index contributed by atoms with van der Waals surface area (Å²) in [6, 6.07) is 9.32. The van der Waals surface area contributed by atoms with Gasteiger partial charge in [0, 0.05) is 19.9 Å². The zero-order valence-electron chi connectivity index (χ0n) is 10.5. The van der Waals surface area contributed by atoms with Crippen molar-refractivity contribution in [1.82, 2.24) is 0 Å². The molecule has 0 fully saturated rings. The van der Waals surface area contributed by atoms with E-state index in [4.69, 9.17) is 0 Å². The van der Waals surface area contributed by atoms with Crippen LogP contribution in [0.5, 0.6) is 0 Å². The van der Waals surface area contributed by atoms with Crippen LogP contribution in [0.3, 0.4) is 0 Å². The van der Waals surface area contributed by atoms with Crippen LogP contribution in [0.2, 0.25) is 0 Å². The molecule has 0 unspecified atom stereocenters. The molecule has 0 aromatic heterocycles. The van der Waals surface area contributed by atoms with Gasteiger partial charge in [-0.05, 0) is 40.2 Å². The predicted molar refractivity (Wildman–Crippen MR) is 87.6 cm³/mol. The van der Waals surface area contributed by atoms with Crippen LogP contribution in [-0.4, -0.2) is 11.7 Å². The minimum atomic E-state index is -0.817. The molecule has 1 N–H and O–H groups in total. The van der Waals surface area contributed by atoms with Crippen LogP contribution >= 0.6 is 43.6 Å². The normalized spacial score (nSPS) is 10.5. The fourth-order valence-electron chi connectivity index (χ4n) is 1.54. The zero-order valence-corrected chi connectivity index (χ0v) is 14.5.